The number of hydrogen-bond donors (Lipinski definition) is 4. The first-order valence-electron chi connectivity index (χ1n) is 15.1. The molecule has 42 heavy (non-hydrogen) atoms. The third-order valence-corrected chi connectivity index (χ3v) is 10.5. The number of benzene rings is 1. The van der Waals surface area contributed by atoms with E-state index in [0.717, 1.165) is 18.8 Å². The fourth-order valence-corrected chi connectivity index (χ4v) is 8.01. The summed E-state index contributed by atoms with van der Waals surface area (Å²) in [4.78, 5) is 28.9. The van der Waals surface area contributed by atoms with Crippen LogP contribution in [0.15, 0.2) is 23.8 Å². The van der Waals surface area contributed by atoms with E-state index in [2.05, 4.69) is 41.8 Å². The van der Waals surface area contributed by atoms with Crippen molar-refractivity contribution < 1.29 is 34.4 Å². The van der Waals surface area contributed by atoms with Crippen LogP contribution in [0.25, 0.3) is 0 Å². The van der Waals surface area contributed by atoms with Crippen molar-refractivity contribution in [1.82, 2.24) is 10.2 Å². The van der Waals surface area contributed by atoms with Gasteiger partial charge in [-0.25, -0.2) is 0 Å². The van der Waals surface area contributed by atoms with Crippen LogP contribution in [-0.2, 0) is 16.2 Å². The highest BCUT2D eigenvalue weighted by Crippen LogP contribution is 2.61. The lowest BCUT2D eigenvalue weighted by atomic mass is 9.45. The van der Waals surface area contributed by atoms with Crippen LogP contribution in [0, 0.1) is 32.7 Å². The van der Waals surface area contributed by atoms with Crippen LogP contribution in [0.3, 0.4) is 0 Å². The van der Waals surface area contributed by atoms with E-state index >= 15 is 0 Å². The molecule has 0 aliphatic heterocycles. The highest BCUT2D eigenvalue weighted by Gasteiger charge is 2.55. The summed E-state index contributed by atoms with van der Waals surface area (Å²) in [6, 6.07) is 2.79. The number of hydrogen-bond acceptors (Lipinski definition) is 7. The van der Waals surface area contributed by atoms with E-state index in [9.17, 15) is 24.9 Å². The third-order valence-electron chi connectivity index (χ3n) is 9.68. The monoisotopic (exact) mass is 698 g/mol. The molecule has 0 saturated heterocycles. The highest BCUT2D eigenvalue weighted by molar-refractivity contribution is 14.1. The van der Waals surface area contributed by atoms with Gasteiger partial charge >= 0.3 is 0 Å². The second-order valence-corrected chi connectivity index (χ2v) is 14.3. The van der Waals surface area contributed by atoms with Gasteiger partial charge in [-0.1, -0.05) is 27.7 Å². The number of aliphatic hydroxyl groups excluding tert-OH is 3. The van der Waals surface area contributed by atoms with Gasteiger partial charge in [0, 0.05) is 31.5 Å². The number of methoxy groups -OCH3 is 1. The number of nitrogens with one attached hydrogen (secondary N) is 1. The third kappa shape index (κ3) is 6.92. The molecule has 4 aliphatic rings. The van der Waals surface area contributed by atoms with Gasteiger partial charge in [-0.05, 0) is 94.7 Å². The van der Waals surface area contributed by atoms with E-state index in [1.807, 2.05) is 18.7 Å². The standard InChI is InChI=1S/C32H47IN2O7/c1-18(2)10-28(38)35(16-20-6-7-22-15-23(20)32(22,3)4)25-13-21(31(40)34-8-9-36)14-26(29(25)39)42-30-24(33)11-19(17-37)12-27(30)41-5/h11-12,14,18,20,22-23,25-26,29,36-37,39H,6-10,13,15-17H2,1-5H3,(H,34,40)/t20-,22-,23-,25+,26-,29-/m0/s1. The summed E-state index contributed by atoms with van der Waals surface area (Å²) in [6.45, 7) is 8.97. The molecule has 4 N–H and O–H groups in total. The Hall–Kier alpha value is -1.89. The first kappa shape index (κ1) is 33.0. The van der Waals surface area contributed by atoms with Gasteiger partial charge in [-0.3, -0.25) is 9.59 Å². The smallest absolute Gasteiger partial charge is 0.247 e. The zero-order chi connectivity index (χ0) is 30.8. The number of amides is 2. The normalized spacial score (nSPS) is 28.0. The maximum atomic E-state index is 13.9. The molecule has 0 radical (unpaired) electrons. The van der Waals surface area contributed by atoms with Crippen LogP contribution >= 0.6 is 22.6 Å². The Morgan fingerprint density at radius 3 is 2.55 bits per heavy atom. The van der Waals surface area contributed by atoms with Gasteiger partial charge in [0.2, 0.25) is 11.8 Å². The minimum atomic E-state index is -1.10. The van der Waals surface area contributed by atoms with Crippen molar-refractivity contribution in [2.45, 2.75) is 84.7 Å². The van der Waals surface area contributed by atoms with E-state index in [4.69, 9.17) is 9.47 Å². The van der Waals surface area contributed by atoms with Crippen molar-refractivity contribution in [1.29, 1.82) is 0 Å². The van der Waals surface area contributed by atoms with Crippen molar-refractivity contribution in [3.8, 4) is 11.5 Å². The van der Waals surface area contributed by atoms with E-state index in [1.54, 1.807) is 18.2 Å². The van der Waals surface area contributed by atoms with Gasteiger partial charge in [-0.2, -0.15) is 0 Å². The van der Waals surface area contributed by atoms with Crippen LogP contribution < -0.4 is 14.8 Å². The lowest BCUT2D eigenvalue weighted by Gasteiger charge is -2.61. The highest BCUT2D eigenvalue weighted by atomic mass is 127. The number of carbonyl (C=O) groups excluding carboxylic acids is 2. The number of rotatable bonds is 12. The van der Waals surface area contributed by atoms with Crippen molar-refractivity contribution in [2.24, 2.45) is 29.1 Å². The number of ether oxygens (including phenoxy) is 2. The minimum absolute atomic E-state index is 0.0245. The SMILES string of the molecule is COc1cc(CO)cc(I)c1O[C@H]1C=C(C(=O)NCCO)C[C@@H](N(C[C@@H]2CC[C@H]3C[C@@H]2C3(C)C)C(=O)CC(C)C)[C@@H]1O. The number of fused-ring (bicyclic) bond motifs is 2. The molecule has 5 rings (SSSR count). The number of aliphatic hydroxyl groups is 3. The van der Waals surface area contributed by atoms with Crippen LogP contribution in [0.4, 0.5) is 0 Å². The Bertz CT molecular complexity index is 1170. The fraction of sp³-hybridized carbons (Fsp3) is 0.688. The molecule has 2 amide bonds. The van der Waals surface area contributed by atoms with Crippen LogP contribution in [0.2, 0.25) is 0 Å². The largest absolute Gasteiger partial charge is 0.493 e. The van der Waals surface area contributed by atoms with E-state index in [-0.39, 0.29) is 49.3 Å². The number of halogens is 1. The van der Waals surface area contributed by atoms with Gasteiger partial charge in [0.15, 0.2) is 11.5 Å². The quantitative estimate of drug-likeness (QED) is 0.246. The van der Waals surface area contributed by atoms with Crippen LogP contribution in [0.1, 0.15) is 65.4 Å². The number of nitrogens with zero attached hydrogens (tertiary/aromatic N) is 1. The van der Waals surface area contributed by atoms with Gasteiger partial charge in [-0.15, -0.1) is 0 Å². The van der Waals surface area contributed by atoms with Gasteiger partial charge in [0.25, 0.3) is 0 Å². The van der Waals surface area contributed by atoms with Gasteiger partial charge < -0.3 is 35.0 Å². The molecule has 10 heteroatoms. The average molecular weight is 699 g/mol. The Kier molecular flexibility index (Phi) is 10.9. The van der Waals surface area contributed by atoms with Crippen molar-refractivity contribution >= 4 is 34.4 Å². The molecule has 0 heterocycles. The van der Waals surface area contributed by atoms with Gasteiger partial charge in [0.1, 0.15) is 12.2 Å². The zero-order valence-electron chi connectivity index (χ0n) is 25.4. The molecule has 2 bridgehead atoms. The molecule has 234 valence electrons. The van der Waals surface area contributed by atoms with Crippen LogP contribution in [0.5, 0.6) is 11.5 Å². The summed E-state index contributed by atoms with van der Waals surface area (Å²) in [6.07, 6.45) is 3.50. The topological polar surface area (TPSA) is 129 Å². The molecule has 4 aliphatic carbocycles. The molecule has 0 unspecified atom stereocenters. The van der Waals surface area contributed by atoms with E-state index in [0.29, 0.717) is 51.0 Å². The lowest BCUT2D eigenvalue weighted by molar-refractivity contribution is -0.148. The molecule has 0 aromatic heterocycles. The summed E-state index contributed by atoms with van der Waals surface area (Å²) in [7, 11) is 1.51. The Morgan fingerprint density at radius 1 is 1.21 bits per heavy atom. The molecular weight excluding hydrogens is 651 g/mol. The summed E-state index contributed by atoms with van der Waals surface area (Å²) < 4.78 is 12.6. The maximum Gasteiger partial charge on any atom is 0.247 e. The summed E-state index contributed by atoms with van der Waals surface area (Å²) >= 11 is 2.10. The second kappa shape index (κ2) is 13.8. The first-order chi connectivity index (χ1) is 19.9. The van der Waals surface area contributed by atoms with Crippen molar-refractivity contribution in [2.75, 3.05) is 26.8 Å². The van der Waals surface area contributed by atoms with Crippen molar-refractivity contribution in [3.05, 3.63) is 32.9 Å². The Morgan fingerprint density at radius 2 is 1.95 bits per heavy atom. The molecule has 6 atom stereocenters. The Labute approximate surface area is 263 Å². The van der Waals surface area contributed by atoms with E-state index in [1.165, 1.54) is 13.5 Å². The molecule has 0 spiro atoms. The Balaban J connectivity index is 1.69. The average Bonchev–Trinajstić information content (AvgIpc) is 2.95. The molecule has 3 fully saturated rings. The molecule has 9 nitrogen and oxygen atoms in total. The molecule has 1 aromatic carbocycles. The first-order valence-corrected chi connectivity index (χ1v) is 16.2. The van der Waals surface area contributed by atoms with E-state index < -0.39 is 18.2 Å². The van der Waals surface area contributed by atoms with Gasteiger partial charge in [0.05, 0.1) is 29.9 Å². The summed E-state index contributed by atoms with van der Waals surface area (Å²) in [5, 5.41) is 33.5. The lowest BCUT2D eigenvalue weighted by Crippen LogP contribution is -2.59. The summed E-state index contributed by atoms with van der Waals surface area (Å²) in [5.41, 5.74) is 1.31. The number of carbonyl (C=O) groups is 2. The predicted octanol–water partition coefficient (Wildman–Crippen LogP) is 3.65. The summed E-state index contributed by atoms with van der Waals surface area (Å²) in [5.74, 6) is 2.14. The predicted molar refractivity (Wildman–Crippen MR) is 168 cm³/mol. The van der Waals surface area contributed by atoms with Crippen molar-refractivity contribution in [3.63, 3.8) is 0 Å². The molecule has 3 saturated carbocycles. The molecule has 1 aromatic rings. The zero-order valence-corrected chi connectivity index (χ0v) is 27.6. The van der Waals surface area contributed by atoms with Crippen LogP contribution in [-0.4, -0.2) is 77.1 Å². The molecular formula is C32H47IN2O7. The second-order valence-electron chi connectivity index (χ2n) is 13.1. The minimum Gasteiger partial charge on any atom is -0.493 e. The maximum absolute atomic E-state index is 13.9. The fourth-order valence-electron chi connectivity index (χ4n) is 7.22.